The molecule has 0 heterocycles. The first-order valence-corrected chi connectivity index (χ1v) is 5.61. The number of hydrogen-bond donors (Lipinski definition) is 1. The second-order valence-corrected chi connectivity index (χ2v) is 4.31. The Morgan fingerprint density at radius 2 is 2.13 bits per heavy atom. The Hall–Kier alpha value is -0.740. The molecule has 1 N–H and O–H groups in total. The predicted octanol–water partition coefficient (Wildman–Crippen LogP) is 2.62. The summed E-state index contributed by atoms with van der Waals surface area (Å²) >= 11 is 3.30. The molecule has 0 bridgehead atoms. The largest absolute Gasteiger partial charge is 0.503 e. The average Bonchev–Trinajstić information content (AvgIpc) is 2.22. The molecule has 1 rings (SSSR count). The summed E-state index contributed by atoms with van der Waals surface area (Å²) in [4.78, 5) is 2.18. The van der Waals surface area contributed by atoms with Crippen LogP contribution in [0, 0.1) is 0 Å². The maximum atomic E-state index is 9.63. The Labute approximate surface area is 98.8 Å². The molecule has 0 fully saturated rings. The zero-order valence-corrected chi connectivity index (χ0v) is 10.8. The second-order valence-electron chi connectivity index (χ2n) is 3.46. The van der Waals surface area contributed by atoms with E-state index in [9.17, 15) is 5.11 Å². The average molecular weight is 274 g/mol. The first-order chi connectivity index (χ1) is 7.08. The number of phenols is 1. The summed E-state index contributed by atoms with van der Waals surface area (Å²) in [5.41, 5.74) is 1.11. The molecule has 0 unspecified atom stereocenters. The van der Waals surface area contributed by atoms with Crippen LogP contribution in [0.3, 0.4) is 0 Å². The highest BCUT2D eigenvalue weighted by Crippen LogP contribution is 2.35. The number of aromatic hydroxyl groups is 1. The number of halogens is 1. The Kier molecular flexibility index (Phi) is 4.42. The monoisotopic (exact) mass is 273 g/mol. The molecule has 0 atom stereocenters. The van der Waals surface area contributed by atoms with E-state index in [1.807, 2.05) is 19.2 Å². The van der Waals surface area contributed by atoms with Gasteiger partial charge in [0, 0.05) is 6.54 Å². The molecule has 0 amide bonds. The van der Waals surface area contributed by atoms with Gasteiger partial charge in [-0.25, -0.2) is 0 Å². The molecule has 0 saturated heterocycles. The van der Waals surface area contributed by atoms with E-state index >= 15 is 0 Å². The summed E-state index contributed by atoms with van der Waals surface area (Å²) < 4.78 is 5.75. The fourth-order valence-corrected chi connectivity index (χ4v) is 1.79. The van der Waals surface area contributed by atoms with Gasteiger partial charge in [0.2, 0.25) is 0 Å². The lowest BCUT2D eigenvalue weighted by Crippen LogP contribution is -2.16. The Morgan fingerprint density at radius 1 is 1.47 bits per heavy atom. The van der Waals surface area contributed by atoms with Crippen LogP contribution < -0.4 is 4.74 Å². The summed E-state index contributed by atoms with van der Waals surface area (Å²) in [6.45, 7) is 3.93. The van der Waals surface area contributed by atoms with E-state index < -0.39 is 0 Å². The van der Waals surface area contributed by atoms with Crippen molar-refractivity contribution in [2.45, 2.75) is 13.5 Å². The van der Waals surface area contributed by atoms with E-state index in [1.54, 1.807) is 7.11 Å². The van der Waals surface area contributed by atoms with Crippen molar-refractivity contribution in [1.82, 2.24) is 4.90 Å². The lowest BCUT2D eigenvalue weighted by atomic mass is 10.2. The fourth-order valence-electron chi connectivity index (χ4n) is 1.30. The molecule has 1 aromatic rings. The van der Waals surface area contributed by atoms with Crippen LogP contribution in [0.2, 0.25) is 0 Å². The maximum Gasteiger partial charge on any atom is 0.172 e. The molecular weight excluding hydrogens is 258 g/mol. The van der Waals surface area contributed by atoms with Crippen molar-refractivity contribution in [2.24, 2.45) is 0 Å². The van der Waals surface area contributed by atoms with Gasteiger partial charge in [-0.05, 0) is 47.2 Å². The van der Waals surface area contributed by atoms with Crippen molar-refractivity contribution in [3.05, 3.63) is 22.2 Å². The number of phenolic OH excluding ortho intramolecular Hbond substituents is 1. The Bertz CT molecular complexity index is 342. The summed E-state index contributed by atoms with van der Waals surface area (Å²) in [5.74, 6) is 0.657. The van der Waals surface area contributed by atoms with Crippen LogP contribution in [0.4, 0.5) is 0 Å². The third kappa shape index (κ3) is 3.11. The van der Waals surface area contributed by atoms with Gasteiger partial charge in [-0.3, -0.25) is 0 Å². The lowest BCUT2D eigenvalue weighted by Gasteiger charge is -2.15. The van der Waals surface area contributed by atoms with E-state index in [1.165, 1.54) is 0 Å². The first kappa shape index (κ1) is 12.3. The van der Waals surface area contributed by atoms with Crippen LogP contribution in [-0.2, 0) is 6.54 Å². The van der Waals surface area contributed by atoms with Crippen molar-refractivity contribution >= 4 is 15.9 Å². The highest BCUT2D eigenvalue weighted by Gasteiger charge is 2.09. The van der Waals surface area contributed by atoms with Crippen LogP contribution in [0.15, 0.2) is 16.6 Å². The highest BCUT2D eigenvalue weighted by molar-refractivity contribution is 9.10. The zero-order valence-electron chi connectivity index (χ0n) is 9.25. The van der Waals surface area contributed by atoms with Gasteiger partial charge in [0.25, 0.3) is 0 Å². The molecular formula is C11H16BrNO2. The normalized spacial score (nSPS) is 10.7. The van der Waals surface area contributed by atoms with Crippen LogP contribution in [0.25, 0.3) is 0 Å². The highest BCUT2D eigenvalue weighted by atomic mass is 79.9. The molecule has 0 saturated carbocycles. The summed E-state index contributed by atoms with van der Waals surface area (Å²) in [5, 5.41) is 9.63. The minimum atomic E-state index is 0.153. The van der Waals surface area contributed by atoms with Crippen LogP contribution in [0.1, 0.15) is 12.5 Å². The van der Waals surface area contributed by atoms with Gasteiger partial charge in [0.1, 0.15) is 0 Å². The third-order valence-corrected chi connectivity index (χ3v) is 2.90. The molecule has 0 aliphatic carbocycles. The van der Waals surface area contributed by atoms with Gasteiger partial charge in [-0.1, -0.05) is 6.92 Å². The minimum absolute atomic E-state index is 0.153. The molecule has 3 nitrogen and oxygen atoms in total. The number of methoxy groups -OCH3 is 1. The molecule has 0 radical (unpaired) electrons. The van der Waals surface area contributed by atoms with Gasteiger partial charge in [0.15, 0.2) is 11.5 Å². The summed E-state index contributed by atoms with van der Waals surface area (Å²) in [7, 11) is 3.60. The summed E-state index contributed by atoms with van der Waals surface area (Å²) in [6.07, 6.45) is 0. The SMILES string of the molecule is CCN(C)Cc1cc(Br)c(O)c(OC)c1. The van der Waals surface area contributed by atoms with Crippen LogP contribution >= 0.6 is 15.9 Å². The van der Waals surface area contributed by atoms with E-state index in [0.717, 1.165) is 18.7 Å². The van der Waals surface area contributed by atoms with Crippen molar-refractivity contribution in [1.29, 1.82) is 0 Å². The van der Waals surface area contributed by atoms with Crippen LogP contribution in [0.5, 0.6) is 11.5 Å². The van der Waals surface area contributed by atoms with Crippen LogP contribution in [-0.4, -0.2) is 30.7 Å². The van der Waals surface area contributed by atoms with Gasteiger partial charge in [-0.2, -0.15) is 0 Å². The number of rotatable bonds is 4. The third-order valence-electron chi connectivity index (χ3n) is 2.30. The van der Waals surface area contributed by atoms with Gasteiger partial charge in [0.05, 0.1) is 11.6 Å². The predicted molar refractivity (Wildman–Crippen MR) is 64.4 cm³/mol. The smallest absolute Gasteiger partial charge is 0.172 e. The van der Waals surface area contributed by atoms with E-state index in [2.05, 4.69) is 27.8 Å². The van der Waals surface area contributed by atoms with Crippen molar-refractivity contribution < 1.29 is 9.84 Å². The lowest BCUT2D eigenvalue weighted by molar-refractivity contribution is 0.341. The molecule has 0 aromatic heterocycles. The molecule has 0 spiro atoms. The summed E-state index contributed by atoms with van der Waals surface area (Å²) in [6, 6.07) is 3.76. The van der Waals surface area contributed by atoms with Crippen molar-refractivity contribution in [2.75, 3.05) is 20.7 Å². The van der Waals surface area contributed by atoms with Gasteiger partial charge in [-0.15, -0.1) is 0 Å². The van der Waals surface area contributed by atoms with Gasteiger partial charge < -0.3 is 14.7 Å². The number of hydrogen-bond acceptors (Lipinski definition) is 3. The standard InChI is InChI=1S/C11H16BrNO2/c1-4-13(2)7-8-5-9(12)11(14)10(6-8)15-3/h5-6,14H,4,7H2,1-3H3. The molecule has 0 aliphatic heterocycles. The molecule has 84 valence electrons. The van der Waals surface area contributed by atoms with E-state index in [-0.39, 0.29) is 5.75 Å². The maximum absolute atomic E-state index is 9.63. The number of benzene rings is 1. The first-order valence-electron chi connectivity index (χ1n) is 4.82. The number of nitrogens with zero attached hydrogens (tertiary/aromatic N) is 1. The van der Waals surface area contributed by atoms with Crippen molar-refractivity contribution in [3.63, 3.8) is 0 Å². The Balaban J connectivity index is 2.95. The van der Waals surface area contributed by atoms with E-state index in [4.69, 9.17) is 4.74 Å². The second kappa shape index (κ2) is 5.37. The van der Waals surface area contributed by atoms with Crippen molar-refractivity contribution in [3.8, 4) is 11.5 Å². The number of ether oxygens (including phenoxy) is 1. The Morgan fingerprint density at radius 3 is 2.67 bits per heavy atom. The molecule has 1 aromatic carbocycles. The molecule has 0 aliphatic rings. The quantitative estimate of drug-likeness (QED) is 0.916. The van der Waals surface area contributed by atoms with Gasteiger partial charge >= 0.3 is 0 Å². The topological polar surface area (TPSA) is 32.7 Å². The fraction of sp³-hybridized carbons (Fsp3) is 0.455. The van der Waals surface area contributed by atoms with E-state index in [0.29, 0.717) is 10.2 Å². The zero-order chi connectivity index (χ0) is 11.4. The minimum Gasteiger partial charge on any atom is -0.503 e. The molecule has 15 heavy (non-hydrogen) atoms. The molecule has 4 heteroatoms.